The standard InChI is InChI=1S/C27H23F4N5O2/c28-22-9-8-20(38-27(29,30)31)12-19(22)13-33-26-21-14-32-15-23(21)34-24(35-26)11-17-4-6-18(7-5-17)16-36-10-2-1-3-25(36)37/h1-10,12,32H,11,13-16H2,(H,33,34,35). The minimum Gasteiger partial charge on any atom is -0.406 e. The van der Waals surface area contributed by atoms with Crippen LogP contribution in [0.25, 0.3) is 0 Å². The molecule has 2 aromatic carbocycles. The van der Waals surface area contributed by atoms with Crippen LogP contribution < -0.4 is 20.9 Å². The van der Waals surface area contributed by atoms with Gasteiger partial charge in [0.2, 0.25) is 0 Å². The minimum absolute atomic E-state index is 0.0136. The molecule has 1 aliphatic heterocycles. The molecule has 0 spiro atoms. The van der Waals surface area contributed by atoms with Crippen LogP contribution in [-0.2, 0) is 32.6 Å². The molecule has 4 aromatic rings. The normalized spacial score (nSPS) is 12.8. The van der Waals surface area contributed by atoms with Crippen LogP contribution in [0.15, 0.2) is 71.7 Å². The zero-order valence-corrected chi connectivity index (χ0v) is 20.1. The van der Waals surface area contributed by atoms with Gasteiger partial charge in [-0.2, -0.15) is 0 Å². The minimum atomic E-state index is -4.87. The molecular formula is C27H23F4N5O2. The Hall–Kier alpha value is -4.25. The predicted molar refractivity (Wildman–Crippen MR) is 132 cm³/mol. The maximum atomic E-state index is 14.3. The molecule has 0 atom stereocenters. The monoisotopic (exact) mass is 525 g/mol. The molecule has 196 valence electrons. The molecule has 0 bridgehead atoms. The van der Waals surface area contributed by atoms with Crippen LogP contribution in [0.1, 0.15) is 33.8 Å². The average Bonchev–Trinajstić information content (AvgIpc) is 3.35. The third-order valence-electron chi connectivity index (χ3n) is 6.07. The van der Waals surface area contributed by atoms with Gasteiger partial charge < -0.3 is 19.9 Å². The van der Waals surface area contributed by atoms with Crippen molar-refractivity contribution >= 4 is 5.82 Å². The lowest BCUT2D eigenvalue weighted by molar-refractivity contribution is -0.274. The van der Waals surface area contributed by atoms with Gasteiger partial charge in [-0.1, -0.05) is 30.3 Å². The molecule has 0 radical (unpaired) electrons. The van der Waals surface area contributed by atoms with Gasteiger partial charge in [0.1, 0.15) is 23.2 Å². The number of benzene rings is 2. The number of pyridine rings is 1. The van der Waals surface area contributed by atoms with Gasteiger partial charge in [0.15, 0.2) is 0 Å². The van der Waals surface area contributed by atoms with E-state index in [0.717, 1.165) is 40.6 Å². The highest BCUT2D eigenvalue weighted by Crippen LogP contribution is 2.27. The number of fused-ring (bicyclic) bond motifs is 1. The van der Waals surface area contributed by atoms with Gasteiger partial charge in [-0.15, -0.1) is 13.2 Å². The number of aromatic nitrogens is 3. The molecule has 5 rings (SSSR count). The molecule has 0 saturated heterocycles. The number of hydrogen-bond donors (Lipinski definition) is 2. The van der Waals surface area contributed by atoms with Crippen molar-refractivity contribution in [1.82, 2.24) is 19.9 Å². The Bertz CT molecular complexity index is 1500. The van der Waals surface area contributed by atoms with E-state index in [2.05, 4.69) is 25.3 Å². The number of halogens is 4. The summed E-state index contributed by atoms with van der Waals surface area (Å²) in [6.07, 6.45) is -2.69. The number of hydrogen-bond acceptors (Lipinski definition) is 6. The zero-order valence-electron chi connectivity index (χ0n) is 20.1. The topological polar surface area (TPSA) is 81.1 Å². The molecule has 1 aliphatic rings. The number of alkyl halides is 3. The highest BCUT2D eigenvalue weighted by atomic mass is 19.4. The first-order chi connectivity index (χ1) is 18.2. The molecule has 0 aliphatic carbocycles. The molecule has 0 unspecified atom stereocenters. The van der Waals surface area contributed by atoms with E-state index in [0.29, 0.717) is 37.7 Å². The van der Waals surface area contributed by atoms with E-state index < -0.39 is 17.9 Å². The van der Waals surface area contributed by atoms with E-state index in [9.17, 15) is 22.4 Å². The van der Waals surface area contributed by atoms with E-state index in [1.54, 1.807) is 16.8 Å². The summed E-state index contributed by atoms with van der Waals surface area (Å²) in [5, 5.41) is 6.27. The Balaban J connectivity index is 1.31. The second-order valence-corrected chi connectivity index (χ2v) is 8.83. The molecule has 2 aromatic heterocycles. The van der Waals surface area contributed by atoms with E-state index >= 15 is 0 Å². The van der Waals surface area contributed by atoms with Crippen LogP contribution in [0, 0.1) is 5.82 Å². The first kappa shape index (κ1) is 25.4. The van der Waals surface area contributed by atoms with E-state index in [1.165, 1.54) is 6.07 Å². The maximum absolute atomic E-state index is 14.3. The van der Waals surface area contributed by atoms with Crippen molar-refractivity contribution in [2.45, 2.75) is 39.0 Å². The first-order valence-electron chi connectivity index (χ1n) is 11.8. The van der Waals surface area contributed by atoms with Crippen molar-refractivity contribution in [3.8, 4) is 5.75 Å². The summed E-state index contributed by atoms with van der Waals surface area (Å²) in [7, 11) is 0. The average molecular weight is 526 g/mol. The van der Waals surface area contributed by atoms with E-state index in [4.69, 9.17) is 0 Å². The van der Waals surface area contributed by atoms with Crippen molar-refractivity contribution in [2.75, 3.05) is 5.32 Å². The zero-order chi connectivity index (χ0) is 26.7. The number of nitrogens with zero attached hydrogens (tertiary/aromatic N) is 3. The summed E-state index contributed by atoms with van der Waals surface area (Å²) in [6.45, 7) is 1.44. The summed E-state index contributed by atoms with van der Waals surface area (Å²) in [4.78, 5) is 21.2. The van der Waals surface area contributed by atoms with Gasteiger partial charge in [-0.25, -0.2) is 14.4 Å². The van der Waals surface area contributed by atoms with Crippen molar-refractivity contribution in [3.63, 3.8) is 0 Å². The molecule has 7 nitrogen and oxygen atoms in total. The fourth-order valence-electron chi connectivity index (χ4n) is 4.24. The lowest BCUT2D eigenvalue weighted by Crippen LogP contribution is -2.18. The van der Waals surface area contributed by atoms with Crippen molar-refractivity contribution < 1.29 is 22.3 Å². The highest BCUT2D eigenvalue weighted by molar-refractivity contribution is 5.49. The van der Waals surface area contributed by atoms with Crippen LogP contribution >= 0.6 is 0 Å². The molecule has 3 heterocycles. The first-order valence-corrected chi connectivity index (χ1v) is 11.8. The van der Waals surface area contributed by atoms with Gasteiger partial charge >= 0.3 is 6.36 Å². The number of rotatable bonds is 8. The Morgan fingerprint density at radius 1 is 1.00 bits per heavy atom. The largest absolute Gasteiger partial charge is 0.573 e. The molecule has 0 fully saturated rings. The summed E-state index contributed by atoms with van der Waals surface area (Å²) in [5.74, 6) is -0.103. The molecule has 38 heavy (non-hydrogen) atoms. The van der Waals surface area contributed by atoms with Gasteiger partial charge in [0, 0.05) is 49.4 Å². The molecule has 11 heteroatoms. The second kappa shape index (κ2) is 10.6. The fourth-order valence-corrected chi connectivity index (χ4v) is 4.24. The third kappa shape index (κ3) is 6.17. The lowest BCUT2D eigenvalue weighted by Gasteiger charge is -2.14. The lowest BCUT2D eigenvalue weighted by atomic mass is 10.1. The summed E-state index contributed by atoms with van der Waals surface area (Å²) in [5.41, 5.74) is 3.53. The number of nitrogens with one attached hydrogen (secondary N) is 2. The van der Waals surface area contributed by atoms with Gasteiger partial charge in [0.05, 0.1) is 12.2 Å². The van der Waals surface area contributed by atoms with Crippen LogP contribution in [0.3, 0.4) is 0 Å². The van der Waals surface area contributed by atoms with E-state index in [-0.39, 0.29) is 17.7 Å². The SMILES string of the molecule is O=c1ccccn1Cc1ccc(Cc2nc3c(c(NCc4cc(OC(F)(F)F)ccc4F)n2)CNC3)cc1. The summed E-state index contributed by atoms with van der Waals surface area (Å²) in [6, 6.07) is 15.7. The summed E-state index contributed by atoms with van der Waals surface area (Å²) >= 11 is 0. The quantitative estimate of drug-likeness (QED) is 0.329. The molecule has 0 amide bonds. The van der Waals surface area contributed by atoms with E-state index in [1.807, 2.05) is 30.3 Å². The van der Waals surface area contributed by atoms with Crippen LogP contribution in [0.4, 0.5) is 23.4 Å². The molecule has 0 saturated carbocycles. The van der Waals surface area contributed by atoms with Crippen molar-refractivity contribution in [1.29, 1.82) is 0 Å². The summed E-state index contributed by atoms with van der Waals surface area (Å²) < 4.78 is 57.5. The highest BCUT2D eigenvalue weighted by Gasteiger charge is 2.31. The fraction of sp³-hybridized carbons (Fsp3) is 0.222. The number of ether oxygens (including phenoxy) is 1. The van der Waals surface area contributed by atoms with Crippen LogP contribution in [0.2, 0.25) is 0 Å². The molecule has 2 N–H and O–H groups in total. The Morgan fingerprint density at radius 3 is 2.55 bits per heavy atom. The van der Waals surface area contributed by atoms with Gasteiger partial charge in [0.25, 0.3) is 5.56 Å². The Morgan fingerprint density at radius 2 is 1.79 bits per heavy atom. The van der Waals surface area contributed by atoms with Gasteiger partial charge in [-0.05, 0) is 35.4 Å². The smallest absolute Gasteiger partial charge is 0.406 e. The van der Waals surface area contributed by atoms with Crippen molar-refractivity contribution in [2.24, 2.45) is 0 Å². The third-order valence-corrected chi connectivity index (χ3v) is 6.07. The Kier molecular flexibility index (Phi) is 7.10. The van der Waals surface area contributed by atoms with Gasteiger partial charge in [-0.3, -0.25) is 4.79 Å². The predicted octanol–water partition coefficient (Wildman–Crippen LogP) is 4.53. The van der Waals surface area contributed by atoms with Crippen LogP contribution in [0.5, 0.6) is 5.75 Å². The molecular weight excluding hydrogens is 502 g/mol. The number of anilines is 1. The van der Waals surface area contributed by atoms with Crippen LogP contribution in [-0.4, -0.2) is 20.9 Å². The Labute approximate surface area is 215 Å². The maximum Gasteiger partial charge on any atom is 0.573 e. The second-order valence-electron chi connectivity index (χ2n) is 8.83. The van der Waals surface area contributed by atoms with Crippen molar-refractivity contribution in [3.05, 3.63) is 117 Å².